The summed E-state index contributed by atoms with van der Waals surface area (Å²) in [7, 11) is 0. The third-order valence-electron chi connectivity index (χ3n) is 4.43. The predicted molar refractivity (Wildman–Crippen MR) is 107 cm³/mol. The molecule has 1 amide bonds. The van der Waals surface area contributed by atoms with Gasteiger partial charge in [-0.25, -0.2) is 9.50 Å². The fourth-order valence-corrected chi connectivity index (χ4v) is 3.24. The van der Waals surface area contributed by atoms with Crippen molar-refractivity contribution in [3.8, 4) is 0 Å². The summed E-state index contributed by atoms with van der Waals surface area (Å²) in [5, 5.41) is 7.99. The quantitative estimate of drug-likeness (QED) is 0.572. The molecule has 140 valence electrons. The molecule has 1 atom stereocenters. The number of nitrogens with one attached hydrogen (secondary N) is 1. The van der Waals surface area contributed by atoms with E-state index in [1.807, 2.05) is 62.4 Å². The SMILES string of the molecule is Cc1cc(C)n2nc(C(=O)N[C@H](c3ccccc3)c3ccc(Cl)cc3)nc2n1. The number of fused-ring (bicyclic) bond motifs is 1. The molecule has 0 radical (unpaired) electrons. The van der Waals surface area contributed by atoms with Gasteiger partial charge in [-0.05, 0) is 43.2 Å². The molecule has 0 aliphatic carbocycles. The molecule has 0 aliphatic rings. The fourth-order valence-electron chi connectivity index (χ4n) is 3.12. The van der Waals surface area contributed by atoms with Crippen LogP contribution in [0.2, 0.25) is 5.02 Å². The molecule has 6 nitrogen and oxygen atoms in total. The third-order valence-corrected chi connectivity index (χ3v) is 4.69. The number of rotatable bonds is 4. The lowest BCUT2D eigenvalue weighted by molar-refractivity contribution is 0.0932. The van der Waals surface area contributed by atoms with E-state index in [1.165, 1.54) is 0 Å². The molecule has 0 saturated heterocycles. The topological polar surface area (TPSA) is 72.2 Å². The molecule has 0 bridgehead atoms. The van der Waals surface area contributed by atoms with E-state index in [-0.39, 0.29) is 17.8 Å². The van der Waals surface area contributed by atoms with Gasteiger partial charge in [0, 0.05) is 16.4 Å². The lowest BCUT2D eigenvalue weighted by Crippen LogP contribution is -2.30. The van der Waals surface area contributed by atoms with E-state index in [0.717, 1.165) is 22.5 Å². The first kappa shape index (κ1) is 18.1. The second kappa shape index (κ2) is 7.40. The molecular formula is C21H18ClN5O. The maximum atomic E-state index is 12.9. The number of nitrogens with zero attached hydrogens (tertiary/aromatic N) is 4. The lowest BCUT2D eigenvalue weighted by Gasteiger charge is -2.19. The van der Waals surface area contributed by atoms with Crippen molar-refractivity contribution in [2.75, 3.05) is 0 Å². The Morgan fingerprint density at radius 2 is 1.68 bits per heavy atom. The molecule has 4 aromatic rings. The molecule has 0 aliphatic heterocycles. The third kappa shape index (κ3) is 3.59. The van der Waals surface area contributed by atoms with Crippen LogP contribution in [0.3, 0.4) is 0 Å². The van der Waals surface area contributed by atoms with E-state index in [4.69, 9.17) is 11.6 Å². The zero-order valence-electron chi connectivity index (χ0n) is 15.4. The number of halogens is 1. The predicted octanol–water partition coefficient (Wildman–Crippen LogP) is 3.91. The highest BCUT2D eigenvalue weighted by molar-refractivity contribution is 6.30. The van der Waals surface area contributed by atoms with Gasteiger partial charge in [0.1, 0.15) is 0 Å². The summed E-state index contributed by atoms with van der Waals surface area (Å²) in [6.45, 7) is 3.78. The standard InChI is InChI=1S/C21H18ClN5O/c1-13-12-14(2)27-21(23-13)25-19(26-27)20(28)24-18(15-6-4-3-5-7-15)16-8-10-17(22)11-9-16/h3-12,18H,1-2H3,(H,24,28)/t18-/m1/s1. The summed E-state index contributed by atoms with van der Waals surface area (Å²) in [6.07, 6.45) is 0. The van der Waals surface area contributed by atoms with Crippen molar-refractivity contribution in [1.82, 2.24) is 24.9 Å². The van der Waals surface area contributed by atoms with Crippen LogP contribution in [-0.4, -0.2) is 25.5 Å². The van der Waals surface area contributed by atoms with E-state index in [9.17, 15) is 4.79 Å². The summed E-state index contributed by atoms with van der Waals surface area (Å²) in [5.74, 6) is 0.118. The molecule has 0 saturated carbocycles. The molecule has 0 spiro atoms. The molecule has 7 heteroatoms. The van der Waals surface area contributed by atoms with Crippen molar-refractivity contribution < 1.29 is 4.79 Å². The maximum absolute atomic E-state index is 12.9. The summed E-state index contributed by atoms with van der Waals surface area (Å²) >= 11 is 6.02. The van der Waals surface area contributed by atoms with E-state index < -0.39 is 0 Å². The number of aryl methyl sites for hydroxylation is 2. The van der Waals surface area contributed by atoms with E-state index in [1.54, 1.807) is 16.6 Å². The molecule has 2 aromatic carbocycles. The Hall–Kier alpha value is -3.25. The van der Waals surface area contributed by atoms with Crippen molar-refractivity contribution in [3.63, 3.8) is 0 Å². The highest BCUT2D eigenvalue weighted by Crippen LogP contribution is 2.24. The van der Waals surface area contributed by atoms with Gasteiger partial charge in [0.05, 0.1) is 6.04 Å². The van der Waals surface area contributed by atoms with E-state index >= 15 is 0 Å². The highest BCUT2D eigenvalue weighted by atomic mass is 35.5. The van der Waals surface area contributed by atoms with Gasteiger partial charge in [-0.15, -0.1) is 5.10 Å². The van der Waals surface area contributed by atoms with Crippen LogP contribution in [0.25, 0.3) is 5.78 Å². The Kier molecular flexibility index (Phi) is 4.79. The zero-order valence-corrected chi connectivity index (χ0v) is 16.2. The average Bonchev–Trinajstić information content (AvgIpc) is 3.12. The Morgan fingerprint density at radius 1 is 1.00 bits per heavy atom. The second-order valence-electron chi connectivity index (χ2n) is 6.55. The van der Waals surface area contributed by atoms with Gasteiger partial charge in [0.15, 0.2) is 0 Å². The average molecular weight is 392 g/mol. The number of hydrogen-bond acceptors (Lipinski definition) is 4. The first-order chi connectivity index (χ1) is 13.5. The maximum Gasteiger partial charge on any atom is 0.291 e. The first-order valence-electron chi connectivity index (χ1n) is 8.83. The fraction of sp³-hybridized carbons (Fsp3) is 0.143. The van der Waals surface area contributed by atoms with Crippen LogP contribution < -0.4 is 5.32 Å². The molecule has 1 N–H and O–H groups in total. The number of benzene rings is 2. The minimum atomic E-state index is -0.369. The number of aromatic nitrogens is 4. The summed E-state index contributed by atoms with van der Waals surface area (Å²) in [5.41, 5.74) is 3.56. The van der Waals surface area contributed by atoms with E-state index in [2.05, 4.69) is 20.4 Å². The minimum Gasteiger partial charge on any atom is -0.338 e. The van der Waals surface area contributed by atoms with Crippen molar-refractivity contribution in [3.05, 3.63) is 94.0 Å². The van der Waals surface area contributed by atoms with Crippen LogP contribution in [0.5, 0.6) is 0 Å². The van der Waals surface area contributed by atoms with Crippen LogP contribution in [-0.2, 0) is 0 Å². The summed E-state index contributed by atoms with van der Waals surface area (Å²) < 4.78 is 1.57. The largest absolute Gasteiger partial charge is 0.338 e. The van der Waals surface area contributed by atoms with Gasteiger partial charge >= 0.3 is 0 Å². The minimum absolute atomic E-state index is 0.0797. The number of amides is 1. The van der Waals surface area contributed by atoms with Gasteiger partial charge in [-0.3, -0.25) is 4.79 Å². The smallest absolute Gasteiger partial charge is 0.291 e. The normalized spacial score (nSPS) is 12.1. The Labute approximate surface area is 167 Å². The van der Waals surface area contributed by atoms with Crippen molar-refractivity contribution in [2.24, 2.45) is 0 Å². The summed E-state index contributed by atoms with van der Waals surface area (Å²) in [4.78, 5) is 21.6. The highest BCUT2D eigenvalue weighted by Gasteiger charge is 2.21. The van der Waals surface area contributed by atoms with Gasteiger partial charge in [0.25, 0.3) is 11.7 Å². The van der Waals surface area contributed by atoms with Crippen LogP contribution in [0.4, 0.5) is 0 Å². The van der Waals surface area contributed by atoms with Crippen molar-refractivity contribution in [1.29, 1.82) is 0 Å². The Balaban J connectivity index is 1.69. The molecule has 2 aromatic heterocycles. The monoisotopic (exact) mass is 391 g/mol. The van der Waals surface area contributed by atoms with Gasteiger partial charge in [0.2, 0.25) is 5.82 Å². The summed E-state index contributed by atoms with van der Waals surface area (Å²) in [6, 6.07) is 18.7. The molecule has 4 rings (SSSR count). The van der Waals surface area contributed by atoms with Crippen molar-refractivity contribution >= 4 is 23.3 Å². The molecular weight excluding hydrogens is 374 g/mol. The number of carbonyl (C=O) groups is 1. The van der Waals surface area contributed by atoms with Gasteiger partial charge in [-0.1, -0.05) is 54.1 Å². The zero-order chi connectivity index (χ0) is 19.7. The molecule has 2 heterocycles. The molecule has 28 heavy (non-hydrogen) atoms. The van der Waals surface area contributed by atoms with Crippen LogP contribution in [0.1, 0.15) is 39.2 Å². The number of carbonyl (C=O) groups excluding carboxylic acids is 1. The van der Waals surface area contributed by atoms with Crippen molar-refractivity contribution in [2.45, 2.75) is 19.9 Å². The molecule has 0 fully saturated rings. The second-order valence-corrected chi connectivity index (χ2v) is 6.99. The van der Waals surface area contributed by atoms with Gasteiger partial charge in [-0.2, -0.15) is 4.98 Å². The first-order valence-corrected chi connectivity index (χ1v) is 9.21. The molecule has 0 unspecified atom stereocenters. The van der Waals surface area contributed by atoms with Crippen LogP contribution in [0.15, 0.2) is 60.7 Å². The van der Waals surface area contributed by atoms with Crippen LogP contribution in [0, 0.1) is 13.8 Å². The van der Waals surface area contributed by atoms with Crippen LogP contribution >= 0.6 is 11.6 Å². The Morgan fingerprint density at radius 3 is 2.39 bits per heavy atom. The Bertz CT molecular complexity index is 1140. The van der Waals surface area contributed by atoms with Gasteiger partial charge < -0.3 is 5.32 Å². The lowest BCUT2D eigenvalue weighted by atomic mass is 9.98. The van der Waals surface area contributed by atoms with E-state index in [0.29, 0.717) is 10.8 Å². The number of hydrogen-bond donors (Lipinski definition) is 1.